The van der Waals surface area contributed by atoms with E-state index in [-0.39, 0.29) is 11.5 Å². The Hall–Kier alpha value is -0.910. The Bertz CT molecular complexity index is 465. The van der Waals surface area contributed by atoms with Crippen molar-refractivity contribution in [2.45, 2.75) is 44.9 Å². The zero-order chi connectivity index (χ0) is 14.3. The summed E-state index contributed by atoms with van der Waals surface area (Å²) in [7, 11) is -3.81. The first-order chi connectivity index (χ1) is 8.95. The second-order valence-corrected chi connectivity index (χ2v) is 6.33. The molecule has 1 aromatic rings. The van der Waals surface area contributed by atoms with Gasteiger partial charge >= 0.3 is 10.1 Å². The minimum absolute atomic E-state index is 0.111. The van der Waals surface area contributed by atoms with Crippen molar-refractivity contribution in [3.63, 3.8) is 0 Å². The zero-order valence-corrected chi connectivity index (χ0v) is 12.6. The van der Waals surface area contributed by atoms with Crippen LogP contribution in [0.2, 0.25) is 0 Å². The van der Waals surface area contributed by atoms with Crippen molar-refractivity contribution < 1.29 is 17.6 Å². The maximum atomic E-state index is 11.7. The van der Waals surface area contributed by atoms with Gasteiger partial charge in [0, 0.05) is 0 Å². The largest absolute Gasteiger partial charge is 0.323 e. The van der Waals surface area contributed by atoms with Crippen LogP contribution >= 0.6 is 0 Å². The highest BCUT2D eigenvalue weighted by atomic mass is 32.2. The van der Waals surface area contributed by atoms with Crippen LogP contribution in [0.4, 0.5) is 0 Å². The zero-order valence-electron chi connectivity index (χ0n) is 11.8. The summed E-state index contributed by atoms with van der Waals surface area (Å²) in [5.41, 5.74) is 0.994. The van der Waals surface area contributed by atoms with E-state index in [2.05, 4.69) is 18.2 Å². The SMILES string of the molecule is CC[C@H](C)CCCOOS(=O)(=O)c1ccc(C)cc1. The Kier molecular flexibility index (Phi) is 6.48. The Labute approximate surface area is 115 Å². The van der Waals surface area contributed by atoms with Crippen molar-refractivity contribution in [1.82, 2.24) is 0 Å². The number of hydrogen-bond acceptors (Lipinski definition) is 4. The maximum Gasteiger partial charge on any atom is 0.323 e. The lowest BCUT2D eigenvalue weighted by molar-refractivity contribution is -0.202. The van der Waals surface area contributed by atoms with Gasteiger partial charge in [0.25, 0.3) is 0 Å². The van der Waals surface area contributed by atoms with E-state index >= 15 is 0 Å². The molecule has 0 aliphatic heterocycles. The third kappa shape index (κ3) is 5.72. The van der Waals surface area contributed by atoms with E-state index in [9.17, 15) is 8.42 Å². The van der Waals surface area contributed by atoms with Crippen LogP contribution in [0.1, 0.15) is 38.7 Å². The van der Waals surface area contributed by atoms with Gasteiger partial charge in [0.2, 0.25) is 0 Å². The normalized spacial score (nSPS) is 13.4. The fourth-order valence-electron chi connectivity index (χ4n) is 1.54. The van der Waals surface area contributed by atoms with E-state index in [1.54, 1.807) is 12.1 Å². The molecule has 1 rings (SSSR count). The minimum Gasteiger partial charge on any atom is -0.220 e. The van der Waals surface area contributed by atoms with Crippen molar-refractivity contribution in [2.24, 2.45) is 5.92 Å². The molecule has 0 saturated carbocycles. The molecule has 0 unspecified atom stereocenters. The Morgan fingerprint density at radius 1 is 1.21 bits per heavy atom. The molecule has 0 aliphatic rings. The van der Waals surface area contributed by atoms with E-state index in [1.165, 1.54) is 12.1 Å². The lowest BCUT2D eigenvalue weighted by Gasteiger charge is -2.08. The number of benzene rings is 1. The standard InChI is InChI=1S/C14H22O4S/c1-4-12(2)6-5-11-17-18-19(15,16)14-9-7-13(3)8-10-14/h7-10,12H,4-6,11H2,1-3H3/t12-/m0/s1. The van der Waals surface area contributed by atoms with E-state index in [0.29, 0.717) is 5.92 Å². The smallest absolute Gasteiger partial charge is 0.220 e. The van der Waals surface area contributed by atoms with Crippen LogP contribution in [-0.2, 0) is 19.3 Å². The molecule has 5 heteroatoms. The van der Waals surface area contributed by atoms with Gasteiger partial charge in [-0.15, -0.1) is 4.33 Å². The average Bonchev–Trinajstić information content (AvgIpc) is 2.38. The van der Waals surface area contributed by atoms with E-state index in [0.717, 1.165) is 24.8 Å². The fourth-order valence-corrected chi connectivity index (χ4v) is 2.28. The van der Waals surface area contributed by atoms with Gasteiger partial charge in [-0.1, -0.05) is 38.0 Å². The van der Waals surface area contributed by atoms with Gasteiger partial charge in [0.1, 0.15) is 0 Å². The third-order valence-electron chi connectivity index (χ3n) is 3.07. The first-order valence-electron chi connectivity index (χ1n) is 6.58. The topological polar surface area (TPSA) is 52.6 Å². The van der Waals surface area contributed by atoms with Crippen LogP contribution in [0.25, 0.3) is 0 Å². The first-order valence-corrected chi connectivity index (χ1v) is 7.99. The van der Waals surface area contributed by atoms with Crippen LogP contribution in [0, 0.1) is 12.8 Å². The molecule has 0 N–H and O–H groups in total. The molecule has 1 atom stereocenters. The van der Waals surface area contributed by atoms with Crippen molar-refractivity contribution in [1.29, 1.82) is 0 Å². The number of hydrogen-bond donors (Lipinski definition) is 0. The molecule has 4 nitrogen and oxygen atoms in total. The molecule has 0 bridgehead atoms. The van der Waals surface area contributed by atoms with E-state index < -0.39 is 10.1 Å². The Balaban J connectivity index is 2.37. The second-order valence-electron chi connectivity index (χ2n) is 4.81. The molecule has 1 aromatic carbocycles. The van der Waals surface area contributed by atoms with Crippen LogP contribution in [-0.4, -0.2) is 15.0 Å². The molecule has 0 amide bonds. The summed E-state index contributed by atoms with van der Waals surface area (Å²) in [5, 5.41) is 0. The third-order valence-corrected chi connectivity index (χ3v) is 4.19. The van der Waals surface area contributed by atoms with Gasteiger partial charge in [-0.25, -0.2) is 4.89 Å². The number of rotatable bonds is 8. The van der Waals surface area contributed by atoms with Gasteiger partial charge in [0.05, 0.1) is 11.5 Å². The molecule has 108 valence electrons. The quantitative estimate of drug-likeness (QED) is 0.417. The molecule has 0 radical (unpaired) electrons. The molecule has 0 fully saturated rings. The molecular weight excluding hydrogens is 264 g/mol. The summed E-state index contributed by atoms with van der Waals surface area (Å²) in [5.74, 6) is 0.623. The number of aryl methyl sites for hydroxylation is 1. The highest BCUT2D eigenvalue weighted by Gasteiger charge is 2.15. The van der Waals surface area contributed by atoms with Crippen LogP contribution in [0.15, 0.2) is 29.2 Å². The van der Waals surface area contributed by atoms with E-state index in [1.807, 2.05) is 6.92 Å². The van der Waals surface area contributed by atoms with Gasteiger partial charge in [-0.2, -0.15) is 8.42 Å². The summed E-state index contributed by atoms with van der Waals surface area (Å²) in [6.07, 6.45) is 2.91. The maximum absolute atomic E-state index is 11.7. The van der Waals surface area contributed by atoms with Crippen LogP contribution in [0.3, 0.4) is 0 Å². The fraction of sp³-hybridized carbons (Fsp3) is 0.571. The minimum atomic E-state index is -3.81. The average molecular weight is 286 g/mol. The predicted molar refractivity (Wildman–Crippen MR) is 74.1 cm³/mol. The summed E-state index contributed by atoms with van der Waals surface area (Å²) in [4.78, 5) is 4.90. The lowest BCUT2D eigenvalue weighted by Crippen LogP contribution is -2.08. The Morgan fingerprint density at radius 2 is 1.84 bits per heavy atom. The molecule has 0 aliphatic carbocycles. The molecule has 0 spiro atoms. The van der Waals surface area contributed by atoms with Crippen LogP contribution < -0.4 is 0 Å². The summed E-state index contributed by atoms with van der Waals surface area (Å²) in [6, 6.07) is 6.46. The monoisotopic (exact) mass is 286 g/mol. The van der Waals surface area contributed by atoms with E-state index in [4.69, 9.17) is 4.89 Å². The highest BCUT2D eigenvalue weighted by Crippen LogP contribution is 2.14. The summed E-state index contributed by atoms with van der Waals surface area (Å²) in [6.45, 7) is 6.46. The summed E-state index contributed by atoms with van der Waals surface area (Å²) < 4.78 is 28.0. The summed E-state index contributed by atoms with van der Waals surface area (Å²) >= 11 is 0. The predicted octanol–water partition coefficient (Wildman–Crippen LogP) is 3.46. The van der Waals surface area contributed by atoms with Gasteiger partial charge in [-0.3, -0.25) is 0 Å². The molecule has 19 heavy (non-hydrogen) atoms. The van der Waals surface area contributed by atoms with Crippen LogP contribution in [0.5, 0.6) is 0 Å². The van der Waals surface area contributed by atoms with Gasteiger partial charge < -0.3 is 0 Å². The van der Waals surface area contributed by atoms with Crippen molar-refractivity contribution in [2.75, 3.05) is 6.61 Å². The molecule has 0 heterocycles. The lowest BCUT2D eigenvalue weighted by atomic mass is 10.0. The molecule has 0 aromatic heterocycles. The second kappa shape index (κ2) is 7.62. The van der Waals surface area contributed by atoms with Crippen molar-refractivity contribution in [3.8, 4) is 0 Å². The molecule has 0 saturated heterocycles. The molecular formula is C14H22O4S. The van der Waals surface area contributed by atoms with Crippen molar-refractivity contribution >= 4 is 10.1 Å². The van der Waals surface area contributed by atoms with Crippen molar-refractivity contribution in [3.05, 3.63) is 29.8 Å². The Morgan fingerprint density at radius 3 is 2.42 bits per heavy atom. The highest BCUT2D eigenvalue weighted by molar-refractivity contribution is 7.86. The first kappa shape index (κ1) is 16.1. The van der Waals surface area contributed by atoms with Gasteiger partial charge in [-0.05, 0) is 37.8 Å². The van der Waals surface area contributed by atoms with Gasteiger partial charge in [0.15, 0.2) is 0 Å².